The largest absolute Gasteiger partial charge is 0.486 e. The van der Waals surface area contributed by atoms with Crippen LogP contribution >= 0.6 is 0 Å². The number of carbonyl (C=O) groups is 1. The van der Waals surface area contributed by atoms with Crippen LogP contribution in [0.4, 0.5) is 4.39 Å². The lowest BCUT2D eigenvalue weighted by Crippen LogP contribution is -2.49. The van der Waals surface area contributed by atoms with E-state index in [1.165, 1.54) is 23.0 Å². The van der Waals surface area contributed by atoms with E-state index in [1.807, 2.05) is 18.2 Å². The Morgan fingerprint density at radius 1 is 1.00 bits per heavy atom. The van der Waals surface area contributed by atoms with Crippen LogP contribution < -0.4 is 15.0 Å². The van der Waals surface area contributed by atoms with Crippen molar-refractivity contribution in [2.75, 3.05) is 39.4 Å². The van der Waals surface area contributed by atoms with Crippen LogP contribution in [0.25, 0.3) is 10.9 Å². The highest BCUT2D eigenvalue weighted by atomic mass is 19.1. The lowest BCUT2D eigenvalue weighted by atomic mass is 10.1. The van der Waals surface area contributed by atoms with E-state index < -0.39 is 11.4 Å². The number of amides is 1. The Hall–Kier alpha value is -3.46. The Kier molecular flexibility index (Phi) is 5.48. The second kappa shape index (κ2) is 8.58. The zero-order chi connectivity index (χ0) is 22.1. The molecule has 3 aromatic rings. The lowest BCUT2D eigenvalue weighted by Gasteiger charge is -2.35. The summed E-state index contributed by atoms with van der Waals surface area (Å²) < 4.78 is 26.0. The minimum atomic E-state index is -0.505. The Labute approximate surface area is 183 Å². The van der Waals surface area contributed by atoms with Crippen molar-refractivity contribution in [3.8, 4) is 11.5 Å². The van der Waals surface area contributed by atoms with Gasteiger partial charge in [0.1, 0.15) is 25.6 Å². The number of halogens is 1. The number of hydrogen-bond acceptors (Lipinski definition) is 6. The van der Waals surface area contributed by atoms with Gasteiger partial charge < -0.3 is 14.4 Å². The minimum absolute atomic E-state index is 0.111. The molecule has 1 saturated heterocycles. The third-order valence-corrected chi connectivity index (χ3v) is 5.83. The number of rotatable bonds is 4. The molecular formula is C23H23FN4O4. The molecule has 2 aromatic carbocycles. The summed E-state index contributed by atoms with van der Waals surface area (Å²) in [5.41, 5.74) is 1.13. The van der Waals surface area contributed by atoms with E-state index >= 15 is 0 Å². The molecule has 2 aliphatic heterocycles. The fourth-order valence-electron chi connectivity index (χ4n) is 4.09. The molecule has 0 atom stereocenters. The highest BCUT2D eigenvalue weighted by Crippen LogP contribution is 2.31. The van der Waals surface area contributed by atoms with E-state index in [0.29, 0.717) is 31.8 Å². The van der Waals surface area contributed by atoms with E-state index in [-0.39, 0.29) is 17.8 Å². The van der Waals surface area contributed by atoms with Crippen molar-refractivity contribution < 1.29 is 18.7 Å². The maximum atomic E-state index is 13.5. The Morgan fingerprint density at radius 3 is 2.59 bits per heavy atom. The molecular weight excluding hydrogens is 415 g/mol. The van der Waals surface area contributed by atoms with Gasteiger partial charge in [-0.05, 0) is 35.9 Å². The quantitative estimate of drug-likeness (QED) is 0.617. The first-order valence-electron chi connectivity index (χ1n) is 10.6. The normalized spacial score (nSPS) is 16.3. The van der Waals surface area contributed by atoms with Crippen LogP contribution in [0, 0.1) is 5.82 Å². The predicted molar refractivity (Wildman–Crippen MR) is 115 cm³/mol. The van der Waals surface area contributed by atoms with Gasteiger partial charge in [0.05, 0.1) is 17.2 Å². The van der Waals surface area contributed by atoms with Crippen LogP contribution in [-0.4, -0.2) is 64.7 Å². The van der Waals surface area contributed by atoms with Gasteiger partial charge in [-0.25, -0.2) is 9.37 Å². The smallest absolute Gasteiger partial charge is 0.261 e. The molecule has 0 saturated carbocycles. The lowest BCUT2D eigenvalue weighted by molar-refractivity contribution is -0.133. The van der Waals surface area contributed by atoms with Crippen molar-refractivity contribution in [2.24, 2.45) is 0 Å². The van der Waals surface area contributed by atoms with Crippen LogP contribution in [0.15, 0.2) is 47.5 Å². The van der Waals surface area contributed by atoms with E-state index in [1.54, 1.807) is 4.90 Å². The van der Waals surface area contributed by atoms with Crippen molar-refractivity contribution in [3.63, 3.8) is 0 Å². The van der Waals surface area contributed by atoms with Crippen LogP contribution in [0.3, 0.4) is 0 Å². The third kappa shape index (κ3) is 4.16. The zero-order valence-corrected chi connectivity index (χ0v) is 17.5. The number of benzene rings is 2. The van der Waals surface area contributed by atoms with Gasteiger partial charge in [0.25, 0.3) is 5.56 Å². The predicted octanol–water partition coefficient (Wildman–Crippen LogP) is 1.65. The number of nitrogens with zero attached hydrogens (tertiary/aromatic N) is 4. The molecule has 0 bridgehead atoms. The summed E-state index contributed by atoms with van der Waals surface area (Å²) in [7, 11) is 0. The maximum Gasteiger partial charge on any atom is 0.261 e. The van der Waals surface area contributed by atoms with Gasteiger partial charge in [0.15, 0.2) is 11.5 Å². The maximum absolute atomic E-state index is 13.5. The molecule has 0 radical (unpaired) electrons. The second-order valence-electron chi connectivity index (χ2n) is 7.97. The molecule has 3 heterocycles. The monoisotopic (exact) mass is 438 g/mol. The first kappa shape index (κ1) is 20.4. The molecule has 0 spiro atoms. The standard InChI is InChI=1S/C23H23FN4O4/c24-17-2-3-19-18(12-17)23(30)28(15-25-19)14-22(29)27-7-5-26(6-8-27)13-16-1-4-20-21(11-16)32-10-9-31-20/h1-4,11-12,15H,5-10,13-14H2. The van der Waals surface area contributed by atoms with Gasteiger partial charge in [0, 0.05) is 32.7 Å². The molecule has 2 aliphatic rings. The average molecular weight is 438 g/mol. The molecule has 9 heteroatoms. The van der Waals surface area contributed by atoms with E-state index in [0.717, 1.165) is 42.8 Å². The highest BCUT2D eigenvalue weighted by molar-refractivity contribution is 5.79. The molecule has 32 heavy (non-hydrogen) atoms. The molecule has 0 unspecified atom stereocenters. The third-order valence-electron chi connectivity index (χ3n) is 5.83. The van der Waals surface area contributed by atoms with Crippen LogP contribution in [0.2, 0.25) is 0 Å². The minimum Gasteiger partial charge on any atom is -0.486 e. The van der Waals surface area contributed by atoms with Crippen molar-refractivity contribution >= 4 is 16.8 Å². The van der Waals surface area contributed by atoms with Crippen molar-refractivity contribution in [1.29, 1.82) is 0 Å². The first-order chi connectivity index (χ1) is 15.6. The van der Waals surface area contributed by atoms with Gasteiger partial charge >= 0.3 is 0 Å². The Morgan fingerprint density at radius 2 is 1.78 bits per heavy atom. The molecule has 1 amide bonds. The van der Waals surface area contributed by atoms with Crippen molar-refractivity contribution in [3.05, 3.63) is 64.5 Å². The Bertz CT molecular complexity index is 1220. The van der Waals surface area contributed by atoms with Crippen molar-refractivity contribution in [1.82, 2.24) is 19.4 Å². The van der Waals surface area contributed by atoms with Gasteiger partial charge in [0.2, 0.25) is 5.91 Å². The van der Waals surface area contributed by atoms with E-state index in [2.05, 4.69) is 9.88 Å². The number of fused-ring (bicyclic) bond motifs is 2. The molecule has 5 rings (SSSR count). The van der Waals surface area contributed by atoms with E-state index in [9.17, 15) is 14.0 Å². The fraction of sp³-hybridized carbons (Fsp3) is 0.348. The number of hydrogen-bond donors (Lipinski definition) is 0. The number of aromatic nitrogens is 2. The van der Waals surface area contributed by atoms with Gasteiger partial charge in [-0.3, -0.25) is 19.1 Å². The second-order valence-corrected chi connectivity index (χ2v) is 7.97. The molecule has 1 fully saturated rings. The summed E-state index contributed by atoms with van der Waals surface area (Å²) in [5.74, 6) is 0.895. The molecule has 0 N–H and O–H groups in total. The first-order valence-corrected chi connectivity index (χ1v) is 10.6. The summed E-state index contributed by atoms with van der Waals surface area (Å²) in [6.07, 6.45) is 1.35. The summed E-state index contributed by atoms with van der Waals surface area (Å²) in [5, 5.41) is 0.171. The summed E-state index contributed by atoms with van der Waals surface area (Å²) in [6.45, 7) is 4.40. The van der Waals surface area contributed by atoms with Crippen LogP contribution in [-0.2, 0) is 17.9 Å². The summed E-state index contributed by atoms with van der Waals surface area (Å²) >= 11 is 0. The molecule has 1 aromatic heterocycles. The van der Waals surface area contributed by atoms with Crippen molar-refractivity contribution in [2.45, 2.75) is 13.1 Å². The molecule has 8 nitrogen and oxygen atoms in total. The summed E-state index contributed by atoms with van der Waals surface area (Å²) in [4.78, 5) is 33.6. The highest BCUT2D eigenvalue weighted by Gasteiger charge is 2.22. The van der Waals surface area contributed by atoms with Gasteiger partial charge in [-0.2, -0.15) is 0 Å². The van der Waals surface area contributed by atoms with Crippen LogP contribution in [0.1, 0.15) is 5.56 Å². The van der Waals surface area contributed by atoms with Crippen LogP contribution in [0.5, 0.6) is 11.5 Å². The number of carbonyl (C=O) groups excluding carboxylic acids is 1. The van der Waals surface area contributed by atoms with E-state index in [4.69, 9.17) is 9.47 Å². The van der Waals surface area contributed by atoms with Gasteiger partial charge in [-0.15, -0.1) is 0 Å². The zero-order valence-electron chi connectivity index (χ0n) is 17.5. The average Bonchev–Trinajstić information content (AvgIpc) is 2.81. The molecule has 0 aliphatic carbocycles. The number of piperazine rings is 1. The SMILES string of the molecule is O=C(Cn1cnc2ccc(F)cc2c1=O)N1CCN(Cc2ccc3c(c2)OCCO3)CC1. The number of ether oxygens (including phenoxy) is 2. The summed E-state index contributed by atoms with van der Waals surface area (Å²) in [6, 6.07) is 9.85. The fourth-order valence-corrected chi connectivity index (χ4v) is 4.09. The Balaban J connectivity index is 1.19. The van der Waals surface area contributed by atoms with Gasteiger partial charge in [-0.1, -0.05) is 6.07 Å². The topological polar surface area (TPSA) is 76.9 Å². The molecule has 166 valence electrons.